The Balaban J connectivity index is 1.94. The van der Waals surface area contributed by atoms with Crippen molar-refractivity contribution in [3.63, 3.8) is 0 Å². The summed E-state index contributed by atoms with van der Waals surface area (Å²) in [6.07, 6.45) is 1.15. The van der Waals surface area contributed by atoms with Gasteiger partial charge in [-0.2, -0.15) is 0 Å². The molecule has 2 aromatic carbocycles. The lowest BCUT2D eigenvalue weighted by molar-refractivity contribution is 0.0983. The first-order valence-corrected chi connectivity index (χ1v) is 6.14. The van der Waals surface area contributed by atoms with Crippen molar-refractivity contribution < 1.29 is 14.6 Å². The van der Waals surface area contributed by atoms with E-state index in [9.17, 15) is 9.90 Å². The highest BCUT2D eigenvalue weighted by atomic mass is 16.5. The molecule has 0 heterocycles. The van der Waals surface area contributed by atoms with E-state index >= 15 is 0 Å². The lowest BCUT2D eigenvalue weighted by Gasteiger charge is -2.04. The molecule has 0 aliphatic heterocycles. The molecule has 0 saturated heterocycles. The third kappa shape index (κ3) is 3.58. The van der Waals surface area contributed by atoms with E-state index < -0.39 is 0 Å². The average Bonchev–Trinajstić information content (AvgIpc) is 2.46. The van der Waals surface area contributed by atoms with Gasteiger partial charge in [0.05, 0.1) is 7.11 Å². The summed E-state index contributed by atoms with van der Waals surface area (Å²) in [7, 11) is 1.63. The molecule has 0 unspecified atom stereocenters. The molecule has 1 N–H and O–H groups in total. The van der Waals surface area contributed by atoms with Crippen LogP contribution in [0.25, 0.3) is 0 Å². The van der Waals surface area contributed by atoms with Gasteiger partial charge in [0.1, 0.15) is 11.5 Å². The van der Waals surface area contributed by atoms with Gasteiger partial charge in [-0.15, -0.1) is 0 Å². The Hall–Kier alpha value is -2.29. The molecule has 0 saturated carbocycles. The van der Waals surface area contributed by atoms with Gasteiger partial charge in [-0.1, -0.05) is 12.1 Å². The maximum Gasteiger partial charge on any atom is 0.163 e. The minimum Gasteiger partial charge on any atom is -0.508 e. The van der Waals surface area contributed by atoms with E-state index in [0.717, 1.165) is 11.3 Å². The quantitative estimate of drug-likeness (QED) is 0.835. The van der Waals surface area contributed by atoms with E-state index in [0.29, 0.717) is 18.4 Å². The Morgan fingerprint density at radius 2 is 1.68 bits per heavy atom. The summed E-state index contributed by atoms with van der Waals surface area (Å²) in [5.41, 5.74) is 1.74. The largest absolute Gasteiger partial charge is 0.508 e. The molecule has 0 bridgehead atoms. The zero-order valence-corrected chi connectivity index (χ0v) is 10.8. The lowest BCUT2D eigenvalue weighted by Crippen LogP contribution is -2.00. The minimum absolute atomic E-state index is 0.0795. The smallest absolute Gasteiger partial charge is 0.163 e. The van der Waals surface area contributed by atoms with Crippen LogP contribution in [0.3, 0.4) is 0 Å². The van der Waals surface area contributed by atoms with Crippen molar-refractivity contribution >= 4 is 5.78 Å². The number of rotatable bonds is 5. The molecule has 0 atom stereocenters. The van der Waals surface area contributed by atoms with Gasteiger partial charge in [0.15, 0.2) is 5.78 Å². The number of carbonyl (C=O) groups excluding carboxylic acids is 1. The van der Waals surface area contributed by atoms with Crippen LogP contribution in [0.15, 0.2) is 48.5 Å². The SMILES string of the molecule is COc1ccc(CCC(=O)c2ccc(O)cc2)cc1. The fourth-order valence-electron chi connectivity index (χ4n) is 1.84. The Labute approximate surface area is 112 Å². The maximum atomic E-state index is 11.9. The van der Waals surface area contributed by atoms with Crippen LogP contribution in [0.5, 0.6) is 11.5 Å². The van der Waals surface area contributed by atoms with Crippen LogP contribution in [0, 0.1) is 0 Å². The molecule has 19 heavy (non-hydrogen) atoms. The first-order chi connectivity index (χ1) is 9.19. The van der Waals surface area contributed by atoms with E-state index in [-0.39, 0.29) is 11.5 Å². The molecule has 3 heteroatoms. The molecule has 0 aromatic heterocycles. The standard InChI is InChI=1S/C16H16O3/c1-19-15-9-2-12(3-10-15)4-11-16(18)13-5-7-14(17)8-6-13/h2-3,5-10,17H,4,11H2,1H3. The Bertz CT molecular complexity index is 541. The molecular formula is C16H16O3. The molecule has 98 valence electrons. The number of phenolic OH excluding ortho intramolecular Hbond substituents is 1. The van der Waals surface area contributed by atoms with Crippen LogP contribution in [0.4, 0.5) is 0 Å². The van der Waals surface area contributed by atoms with Crippen LogP contribution in [0.2, 0.25) is 0 Å². The summed E-state index contributed by atoms with van der Waals surface area (Å²) < 4.78 is 5.08. The third-order valence-corrected chi connectivity index (χ3v) is 2.99. The van der Waals surface area contributed by atoms with Crippen LogP contribution < -0.4 is 4.74 Å². The number of methoxy groups -OCH3 is 1. The van der Waals surface area contributed by atoms with Crippen molar-refractivity contribution in [1.82, 2.24) is 0 Å². The van der Waals surface area contributed by atoms with Crippen molar-refractivity contribution in [2.45, 2.75) is 12.8 Å². The fourth-order valence-corrected chi connectivity index (χ4v) is 1.84. The summed E-state index contributed by atoms with van der Waals surface area (Å²) in [5.74, 6) is 1.07. The van der Waals surface area contributed by atoms with Crippen LogP contribution >= 0.6 is 0 Å². The molecular weight excluding hydrogens is 240 g/mol. The van der Waals surface area contributed by atoms with Gasteiger partial charge in [0.2, 0.25) is 0 Å². The van der Waals surface area contributed by atoms with Gasteiger partial charge in [0.25, 0.3) is 0 Å². The Morgan fingerprint density at radius 1 is 1.05 bits per heavy atom. The highest BCUT2D eigenvalue weighted by molar-refractivity contribution is 5.96. The normalized spacial score (nSPS) is 10.2. The molecule has 2 rings (SSSR count). The zero-order chi connectivity index (χ0) is 13.7. The van der Waals surface area contributed by atoms with Gasteiger partial charge in [-0.3, -0.25) is 4.79 Å². The lowest BCUT2D eigenvalue weighted by atomic mass is 10.0. The summed E-state index contributed by atoms with van der Waals surface area (Å²) in [4.78, 5) is 11.9. The molecule has 0 radical (unpaired) electrons. The van der Waals surface area contributed by atoms with Gasteiger partial charge in [-0.05, 0) is 48.4 Å². The number of hydrogen-bond donors (Lipinski definition) is 1. The highest BCUT2D eigenvalue weighted by Gasteiger charge is 2.06. The van der Waals surface area contributed by atoms with E-state index in [1.54, 1.807) is 19.2 Å². The second kappa shape index (κ2) is 6.05. The molecule has 0 fully saturated rings. The number of hydrogen-bond acceptors (Lipinski definition) is 3. The third-order valence-electron chi connectivity index (χ3n) is 2.99. The summed E-state index contributed by atoms with van der Waals surface area (Å²) in [6, 6.07) is 14.0. The van der Waals surface area contributed by atoms with Crippen molar-refractivity contribution in [2.75, 3.05) is 7.11 Å². The van der Waals surface area contributed by atoms with E-state index in [2.05, 4.69) is 0 Å². The monoisotopic (exact) mass is 256 g/mol. The number of aryl methyl sites for hydroxylation is 1. The summed E-state index contributed by atoms with van der Waals surface area (Å²) in [5, 5.41) is 9.17. The Kier molecular flexibility index (Phi) is 4.18. The van der Waals surface area contributed by atoms with Crippen molar-refractivity contribution in [2.24, 2.45) is 0 Å². The second-order valence-corrected chi connectivity index (χ2v) is 4.32. The number of ether oxygens (including phenoxy) is 1. The van der Waals surface area contributed by atoms with Crippen molar-refractivity contribution in [1.29, 1.82) is 0 Å². The number of benzene rings is 2. The predicted octanol–water partition coefficient (Wildman–Crippen LogP) is 3.22. The Morgan fingerprint density at radius 3 is 2.26 bits per heavy atom. The van der Waals surface area contributed by atoms with E-state index in [1.807, 2.05) is 24.3 Å². The maximum absolute atomic E-state index is 11.9. The number of phenols is 1. The molecule has 2 aromatic rings. The number of aromatic hydroxyl groups is 1. The van der Waals surface area contributed by atoms with Gasteiger partial charge < -0.3 is 9.84 Å². The zero-order valence-electron chi connectivity index (χ0n) is 10.8. The average molecular weight is 256 g/mol. The predicted molar refractivity (Wildman–Crippen MR) is 73.8 cm³/mol. The van der Waals surface area contributed by atoms with E-state index in [1.165, 1.54) is 12.1 Å². The first kappa shape index (κ1) is 13.1. The topological polar surface area (TPSA) is 46.5 Å². The highest BCUT2D eigenvalue weighted by Crippen LogP contribution is 2.15. The van der Waals surface area contributed by atoms with Gasteiger partial charge >= 0.3 is 0 Å². The fraction of sp³-hybridized carbons (Fsp3) is 0.188. The van der Waals surface area contributed by atoms with E-state index in [4.69, 9.17) is 4.74 Å². The summed E-state index contributed by atoms with van der Waals surface area (Å²) in [6.45, 7) is 0. The molecule has 3 nitrogen and oxygen atoms in total. The van der Waals surface area contributed by atoms with Crippen molar-refractivity contribution in [3.05, 3.63) is 59.7 Å². The molecule has 0 spiro atoms. The van der Waals surface area contributed by atoms with Crippen molar-refractivity contribution in [3.8, 4) is 11.5 Å². The molecule has 0 aliphatic rings. The number of ketones is 1. The van der Waals surface area contributed by atoms with Gasteiger partial charge in [0, 0.05) is 12.0 Å². The number of carbonyl (C=O) groups is 1. The number of Topliss-reactive ketones (excluding diaryl/α,β-unsaturated/α-hetero) is 1. The molecule has 0 amide bonds. The first-order valence-electron chi connectivity index (χ1n) is 6.14. The molecule has 0 aliphatic carbocycles. The van der Waals surface area contributed by atoms with Gasteiger partial charge in [-0.25, -0.2) is 0 Å². The summed E-state index contributed by atoms with van der Waals surface area (Å²) >= 11 is 0. The minimum atomic E-state index is 0.0795. The van der Waals surface area contributed by atoms with Crippen LogP contribution in [-0.4, -0.2) is 18.0 Å². The van der Waals surface area contributed by atoms with Crippen LogP contribution in [-0.2, 0) is 6.42 Å². The van der Waals surface area contributed by atoms with Crippen LogP contribution in [0.1, 0.15) is 22.3 Å². The second-order valence-electron chi connectivity index (χ2n) is 4.32.